The summed E-state index contributed by atoms with van der Waals surface area (Å²) in [6.45, 7) is 0.333. The van der Waals surface area contributed by atoms with Gasteiger partial charge in [-0.05, 0) is 25.3 Å². The largest absolute Gasteiger partial charge is 0.481 e. The molecule has 1 aliphatic rings. The molecule has 2 aromatic heterocycles. The fraction of sp³-hybridized carbons (Fsp3) is 0.400. The third kappa shape index (κ3) is 3.21. The van der Waals surface area contributed by atoms with E-state index in [1.165, 1.54) is 11.1 Å². The van der Waals surface area contributed by atoms with Gasteiger partial charge in [0.15, 0.2) is 0 Å². The zero-order chi connectivity index (χ0) is 14.7. The molecule has 110 valence electrons. The molecule has 1 fully saturated rings. The lowest BCUT2D eigenvalue weighted by molar-refractivity contribution is 0.395. The predicted octanol–water partition coefficient (Wildman–Crippen LogP) is 1.66. The summed E-state index contributed by atoms with van der Waals surface area (Å²) in [4.78, 5) is 16.4. The first-order chi connectivity index (χ1) is 10.2. The van der Waals surface area contributed by atoms with Crippen LogP contribution in [-0.4, -0.2) is 27.9 Å². The minimum atomic E-state index is -0.135. The van der Waals surface area contributed by atoms with E-state index in [-0.39, 0.29) is 5.56 Å². The Bertz CT molecular complexity index is 679. The van der Waals surface area contributed by atoms with Crippen LogP contribution in [0.5, 0.6) is 5.88 Å². The smallest absolute Gasteiger partial charge is 0.269 e. The molecule has 3 rings (SSSR count). The molecule has 6 nitrogen and oxygen atoms in total. The van der Waals surface area contributed by atoms with Crippen LogP contribution in [0.1, 0.15) is 25.0 Å². The van der Waals surface area contributed by atoms with Crippen molar-refractivity contribution in [2.24, 2.45) is 0 Å². The number of methoxy groups -OCH3 is 1. The molecule has 0 bridgehead atoms. The summed E-state index contributed by atoms with van der Waals surface area (Å²) in [5, 5.41) is 7.52. The topological polar surface area (TPSA) is 69.0 Å². The van der Waals surface area contributed by atoms with Crippen LogP contribution in [0.15, 0.2) is 35.3 Å². The van der Waals surface area contributed by atoms with Gasteiger partial charge in [-0.25, -0.2) is 9.67 Å². The van der Waals surface area contributed by atoms with Crippen molar-refractivity contribution in [1.29, 1.82) is 0 Å². The third-order valence-electron chi connectivity index (χ3n) is 3.65. The van der Waals surface area contributed by atoms with Crippen LogP contribution in [0.4, 0.5) is 5.69 Å². The summed E-state index contributed by atoms with van der Waals surface area (Å²) in [5.41, 5.74) is 1.40. The molecule has 6 heteroatoms. The molecular weight excluding hydrogens is 268 g/mol. The monoisotopic (exact) mass is 286 g/mol. The van der Waals surface area contributed by atoms with E-state index in [0.29, 0.717) is 18.5 Å². The number of rotatable bonds is 5. The van der Waals surface area contributed by atoms with E-state index in [2.05, 4.69) is 15.4 Å². The van der Waals surface area contributed by atoms with Crippen molar-refractivity contribution in [2.45, 2.75) is 31.8 Å². The van der Waals surface area contributed by atoms with Crippen LogP contribution >= 0.6 is 0 Å². The Morgan fingerprint density at radius 1 is 1.43 bits per heavy atom. The first kappa shape index (κ1) is 13.6. The van der Waals surface area contributed by atoms with Crippen molar-refractivity contribution in [2.75, 3.05) is 12.4 Å². The first-order valence-corrected chi connectivity index (χ1v) is 7.08. The summed E-state index contributed by atoms with van der Waals surface area (Å²) >= 11 is 0. The Balaban J connectivity index is 1.74. The van der Waals surface area contributed by atoms with Gasteiger partial charge in [0.05, 0.1) is 31.2 Å². The second-order valence-corrected chi connectivity index (χ2v) is 5.18. The van der Waals surface area contributed by atoms with Crippen LogP contribution in [0.25, 0.3) is 0 Å². The molecule has 0 atom stereocenters. The minimum absolute atomic E-state index is 0.135. The number of anilines is 1. The number of nitrogens with one attached hydrogen (secondary N) is 1. The SMILES string of the molecule is COc1cccc(Cn2ncc(NC3CCC3)cc2=O)n1. The van der Waals surface area contributed by atoms with Gasteiger partial charge >= 0.3 is 0 Å². The average Bonchev–Trinajstić information content (AvgIpc) is 2.46. The van der Waals surface area contributed by atoms with Crippen LogP contribution < -0.4 is 15.6 Å². The molecule has 0 spiro atoms. The van der Waals surface area contributed by atoms with E-state index >= 15 is 0 Å². The van der Waals surface area contributed by atoms with E-state index in [1.807, 2.05) is 12.1 Å². The maximum absolute atomic E-state index is 12.1. The molecule has 1 saturated carbocycles. The van der Waals surface area contributed by atoms with Crippen molar-refractivity contribution >= 4 is 5.69 Å². The molecule has 1 N–H and O–H groups in total. The zero-order valence-electron chi connectivity index (χ0n) is 12.0. The number of hydrogen-bond donors (Lipinski definition) is 1. The Kier molecular flexibility index (Phi) is 3.85. The van der Waals surface area contributed by atoms with Gasteiger partial charge in [0.1, 0.15) is 0 Å². The van der Waals surface area contributed by atoms with Gasteiger partial charge in [0.25, 0.3) is 5.56 Å². The highest BCUT2D eigenvalue weighted by molar-refractivity contribution is 5.40. The van der Waals surface area contributed by atoms with Gasteiger partial charge in [-0.15, -0.1) is 0 Å². The molecule has 2 heterocycles. The van der Waals surface area contributed by atoms with E-state index in [0.717, 1.165) is 24.2 Å². The second-order valence-electron chi connectivity index (χ2n) is 5.18. The fourth-order valence-electron chi connectivity index (χ4n) is 2.23. The zero-order valence-corrected chi connectivity index (χ0v) is 12.0. The molecule has 21 heavy (non-hydrogen) atoms. The van der Waals surface area contributed by atoms with Gasteiger partial charge in [0, 0.05) is 18.2 Å². The summed E-state index contributed by atoms with van der Waals surface area (Å²) < 4.78 is 6.47. The van der Waals surface area contributed by atoms with Crippen molar-refractivity contribution in [3.05, 3.63) is 46.5 Å². The van der Waals surface area contributed by atoms with Gasteiger partial charge in [-0.3, -0.25) is 4.79 Å². The fourth-order valence-corrected chi connectivity index (χ4v) is 2.23. The Labute approximate surface area is 122 Å². The highest BCUT2D eigenvalue weighted by Gasteiger charge is 2.17. The van der Waals surface area contributed by atoms with E-state index in [4.69, 9.17) is 4.74 Å². The van der Waals surface area contributed by atoms with Crippen molar-refractivity contribution in [1.82, 2.24) is 14.8 Å². The third-order valence-corrected chi connectivity index (χ3v) is 3.65. The summed E-state index contributed by atoms with van der Waals surface area (Å²) in [5.74, 6) is 0.531. The Morgan fingerprint density at radius 2 is 2.29 bits per heavy atom. The van der Waals surface area contributed by atoms with Crippen molar-refractivity contribution in [3.63, 3.8) is 0 Å². The van der Waals surface area contributed by atoms with Gasteiger partial charge in [-0.2, -0.15) is 5.10 Å². The lowest BCUT2D eigenvalue weighted by Crippen LogP contribution is -2.29. The molecule has 0 saturated heterocycles. The number of nitrogens with zero attached hydrogens (tertiary/aromatic N) is 3. The van der Waals surface area contributed by atoms with Crippen LogP contribution in [-0.2, 0) is 6.54 Å². The highest BCUT2D eigenvalue weighted by Crippen LogP contribution is 2.22. The Morgan fingerprint density at radius 3 is 2.95 bits per heavy atom. The number of pyridine rings is 1. The minimum Gasteiger partial charge on any atom is -0.481 e. The standard InChI is InChI=1S/C15H18N4O2/c1-21-14-7-3-6-12(18-14)10-19-15(20)8-13(9-16-19)17-11-4-2-5-11/h3,6-9,11,17H,2,4-5,10H2,1H3. The molecule has 0 unspecified atom stereocenters. The van der Waals surface area contributed by atoms with Crippen LogP contribution in [0.3, 0.4) is 0 Å². The molecule has 0 aliphatic heterocycles. The van der Waals surface area contributed by atoms with E-state index in [1.54, 1.807) is 25.4 Å². The van der Waals surface area contributed by atoms with Crippen molar-refractivity contribution < 1.29 is 4.74 Å². The maximum atomic E-state index is 12.1. The molecular formula is C15H18N4O2. The van der Waals surface area contributed by atoms with Gasteiger partial charge < -0.3 is 10.1 Å². The van der Waals surface area contributed by atoms with Crippen molar-refractivity contribution in [3.8, 4) is 5.88 Å². The lowest BCUT2D eigenvalue weighted by atomic mass is 9.93. The van der Waals surface area contributed by atoms with Gasteiger partial charge in [-0.1, -0.05) is 6.07 Å². The first-order valence-electron chi connectivity index (χ1n) is 7.08. The highest BCUT2D eigenvalue weighted by atomic mass is 16.5. The average molecular weight is 286 g/mol. The number of hydrogen-bond acceptors (Lipinski definition) is 5. The molecule has 1 aliphatic carbocycles. The quantitative estimate of drug-likeness (QED) is 0.905. The van der Waals surface area contributed by atoms with Crippen LogP contribution in [0, 0.1) is 0 Å². The summed E-state index contributed by atoms with van der Waals surface area (Å²) in [6, 6.07) is 7.54. The van der Waals surface area contributed by atoms with E-state index in [9.17, 15) is 4.79 Å². The molecule has 0 aromatic carbocycles. The molecule has 0 radical (unpaired) electrons. The van der Waals surface area contributed by atoms with Gasteiger partial charge in [0.2, 0.25) is 5.88 Å². The molecule has 2 aromatic rings. The Hall–Kier alpha value is -2.37. The summed E-state index contributed by atoms with van der Waals surface area (Å²) in [7, 11) is 1.57. The molecule has 0 amide bonds. The predicted molar refractivity (Wildman–Crippen MR) is 79.6 cm³/mol. The van der Waals surface area contributed by atoms with E-state index < -0.39 is 0 Å². The maximum Gasteiger partial charge on any atom is 0.269 e. The summed E-state index contributed by atoms with van der Waals surface area (Å²) in [6.07, 6.45) is 5.27. The second kappa shape index (κ2) is 5.95. The van der Waals surface area contributed by atoms with Crippen LogP contribution in [0.2, 0.25) is 0 Å². The lowest BCUT2D eigenvalue weighted by Gasteiger charge is -2.27. The number of aromatic nitrogens is 3. The normalized spacial score (nSPS) is 14.5. The number of ether oxygens (including phenoxy) is 1.